The van der Waals surface area contributed by atoms with Gasteiger partial charge in [0.1, 0.15) is 11.0 Å². The Kier molecular flexibility index (Phi) is 7.86. The third-order valence-electron chi connectivity index (χ3n) is 3.75. The van der Waals surface area contributed by atoms with Crippen molar-refractivity contribution >= 4 is 44.9 Å². The van der Waals surface area contributed by atoms with Crippen molar-refractivity contribution in [3.63, 3.8) is 0 Å². The zero-order chi connectivity index (χ0) is 20.7. The summed E-state index contributed by atoms with van der Waals surface area (Å²) in [5, 5.41) is 2.19. The van der Waals surface area contributed by atoms with E-state index in [0.29, 0.717) is 27.7 Å². The maximum absolute atomic E-state index is 13.0. The van der Waals surface area contributed by atoms with E-state index in [1.807, 2.05) is 0 Å². The molecule has 0 bridgehead atoms. The number of carbonyl (C=O) groups excluding carboxylic acids is 2. The van der Waals surface area contributed by atoms with Gasteiger partial charge in [-0.1, -0.05) is 47.5 Å². The third kappa shape index (κ3) is 6.22. The SMILES string of the molecule is CCNC(=O)OCC(=O)CS(=O)(=O)C(c1ccc(Cl)cc1)c1ccc(Cl)cc1. The standard InChI is InChI=1S/C19H19Cl2NO5S/c1-2-22-19(24)27-11-17(23)12-28(25,26)18(13-3-7-15(20)8-4-13)14-5-9-16(21)10-6-14/h3-10,18H,2,11-12H2,1H3,(H,22,24). The van der Waals surface area contributed by atoms with E-state index in [1.54, 1.807) is 55.5 Å². The molecule has 2 aromatic rings. The number of ether oxygens (including phenoxy) is 1. The van der Waals surface area contributed by atoms with Gasteiger partial charge in [-0.05, 0) is 42.3 Å². The van der Waals surface area contributed by atoms with Gasteiger partial charge in [0.2, 0.25) is 0 Å². The van der Waals surface area contributed by atoms with Gasteiger partial charge in [0, 0.05) is 16.6 Å². The highest BCUT2D eigenvalue weighted by Crippen LogP contribution is 2.32. The van der Waals surface area contributed by atoms with Crippen molar-refractivity contribution in [2.75, 3.05) is 18.9 Å². The molecule has 0 radical (unpaired) electrons. The number of Topliss-reactive ketones (excluding diaryl/α,β-unsaturated/α-hetero) is 1. The Labute approximate surface area is 173 Å². The predicted molar refractivity (Wildman–Crippen MR) is 109 cm³/mol. The molecule has 0 aliphatic carbocycles. The molecule has 0 unspecified atom stereocenters. The van der Waals surface area contributed by atoms with E-state index in [2.05, 4.69) is 5.32 Å². The Bertz CT molecular complexity index is 882. The van der Waals surface area contributed by atoms with Crippen LogP contribution in [0.3, 0.4) is 0 Å². The lowest BCUT2D eigenvalue weighted by molar-refractivity contribution is -0.119. The molecule has 0 aliphatic rings. The van der Waals surface area contributed by atoms with E-state index < -0.39 is 39.3 Å². The van der Waals surface area contributed by atoms with Crippen molar-refractivity contribution in [2.45, 2.75) is 12.2 Å². The number of carbonyl (C=O) groups is 2. The molecule has 0 saturated heterocycles. The second kappa shape index (κ2) is 9.91. The van der Waals surface area contributed by atoms with Crippen LogP contribution in [-0.2, 0) is 19.4 Å². The Morgan fingerprint density at radius 2 is 1.43 bits per heavy atom. The average molecular weight is 444 g/mol. The van der Waals surface area contributed by atoms with Crippen LogP contribution in [0.25, 0.3) is 0 Å². The summed E-state index contributed by atoms with van der Waals surface area (Å²) < 4.78 is 30.8. The summed E-state index contributed by atoms with van der Waals surface area (Å²) in [6.45, 7) is 1.40. The van der Waals surface area contributed by atoms with E-state index >= 15 is 0 Å². The quantitative estimate of drug-likeness (QED) is 0.669. The van der Waals surface area contributed by atoms with Gasteiger partial charge in [-0.15, -0.1) is 0 Å². The van der Waals surface area contributed by atoms with Gasteiger partial charge in [0.25, 0.3) is 0 Å². The molecule has 28 heavy (non-hydrogen) atoms. The Morgan fingerprint density at radius 1 is 0.964 bits per heavy atom. The first kappa shape index (κ1) is 22.2. The van der Waals surface area contributed by atoms with E-state index in [9.17, 15) is 18.0 Å². The molecule has 9 heteroatoms. The zero-order valence-corrected chi connectivity index (χ0v) is 17.4. The summed E-state index contributed by atoms with van der Waals surface area (Å²) in [5.41, 5.74) is 0.924. The summed E-state index contributed by atoms with van der Waals surface area (Å²) in [5.74, 6) is -1.50. The van der Waals surface area contributed by atoms with Crippen molar-refractivity contribution in [1.82, 2.24) is 5.32 Å². The van der Waals surface area contributed by atoms with Gasteiger partial charge < -0.3 is 10.1 Å². The molecule has 0 fully saturated rings. The summed E-state index contributed by atoms with van der Waals surface area (Å²) >= 11 is 11.8. The minimum Gasteiger partial charge on any atom is -0.442 e. The predicted octanol–water partition coefficient (Wildman–Crippen LogP) is 3.81. The van der Waals surface area contributed by atoms with E-state index in [4.69, 9.17) is 27.9 Å². The molecule has 0 atom stereocenters. The van der Waals surface area contributed by atoms with Crippen LogP contribution in [0.5, 0.6) is 0 Å². The molecule has 0 heterocycles. The fourth-order valence-electron chi connectivity index (χ4n) is 2.57. The first-order chi connectivity index (χ1) is 13.2. The topological polar surface area (TPSA) is 89.5 Å². The molecular formula is C19H19Cl2NO5S. The highest BCUT2D eigenvalue weighted by molar-refractivity contribution is 7.92. The van der Waals surface area contributed by atoms with E-state index in [0.717, 1.165) is 0 Å². The number of alkyl carbamates (subject to hydrolysis) is 1. The number of benzene rings is 2. The molecule has 1 amide bonds. The third-order valence-corrected chi connectivity index (χ3v) is 6.24. The summed E-state index contributed by atoms with van der Waals surface area (Å²) in [4.78, 5) is 23.4. The van der Waals surface area contributed by atoms with Crippen molar-refractivity contribution in [3.8, 4) is 0 Å². The summed E-state index contributed by atoms with van der Waals surface area (Å²) in [7, 11) is -3.96. The maximum Gasteiger partial charge on any atom is 0.407 e. The Morgan fingerprint density at radius 3 is 1.86 bits per heavy atom. The Balaban J connectivity index is 2.28. The molecule has 0 aromatic heterocycles. The van der Waals surface area contributed by atoms with Crippen molar-refractivity contribution in [1.29, 1.82) is 0 Å². The monoisotopic (exact) mass is 443 g/mol. The van der Waals surface area contributed by atoms with Gasteiger partial charge in [-0.2, -0.15) is 0 Å². The van der Waals surface area contributed by atoms with Crippen LogP contribution in [0.2, 0.25) is 10.0 Å². The largest absolute Gasteiger partial charge is 0.442 e. The van der Waals surface area contributed by atoms with Gasteiger partial charge in [-0.25, -0.2) is 13.2 Å². The normalized spacial score (nSPS) is 11.3. The number of hydrogen-bond donors (Lipinski definition) is 1. The number of amides is 1. The smallest absolute Gasteiger partial charge is 0.407 e. The molecule has 2 aromatic carbocycles. The highest BCUT2D eigenvalue weighted by atomic mass is 35.5. The second-order valence-electron chi connectivity index (χ2n) is 5.94. The number of nitrogens with one attached hydrogen (secondary N) is 1. The minimum absolute atomic E-state index is 0.334. The fourth-order valence-corrected chi connectivity index (χ4v) is 4.67. The van der Waals surface area contributed by atoms with Crippen LogP contribution < -0.4 is 5.32 Å². The number of ketones is 1. The summed E-state index contributed by atoms with van der Waals surface area (Å²) in [6.07, 6.45) is -0.778. The molecule has 1 N–H and O–H groups in total. The minimum atomic E-state index is -3.96. The maximum atomic E-state index is 13.0. The lowest BCUT2D eigenvalue weighted by atomic mass is 10.0. The molecule has 6 nitrogen and oxygen atoms in total. The fraction of sp³-hybridized carbons (Fsp3) is 0.263. The van der Waals surface area contributed by atoms with Gasteiger partial charge in [-0.3, -0.25) is 4.79 Å². The number of hydrogen-bond acceptors (Lipinski definition) is 5. The second-order valence-corrected chi connectivity index (χ2v) is 8.89. The van der Waals surface area contributed by atoms with Gasteiger partial charge >= 0.3 is 6.09 Å². The van der Waals surface area contributed by atoms with Crippen LogP contribution in [0.1, 0.15) is 23.3 Å². The first-order valence-electron chi connectivity index (χ1n) is 8.37. The zero-order valence-electron chi connectivity index (χ0n) is 15.0. The number of rotatable bonds is 8. The lowest BCUT2D eigenvalue weighted by Gasteiger charge is -2.19. The summed E-state index contributed by atoms with van der Waals surface area (Å²) in [6, 6.07) is 12.7. The van der Waals surface area contributed by atoms with E-state index in [-0.39, 0.29) is 0 Å². The van der Waals surface area contributed by atoms with Crippen molar-refractivity contribution in [3.05, 3.63) is 69.7 Å². The molecule has 2 rings (SSSR count). The molecular weight excluding hydrogens is 425 g/mol. The van der Waals surface area contributed by atoms with Gasteiger partial charge in [0.15, 0.2) is 22.2 Å². The van der Waals surface area contributed by atoms with Crippen LogP contribution in [-0.4, -0.2) is 39.2 Å². The molecule has 150 valence electrons. The first-order valence-corrected chi connectivity index (χ1v) is 10.8. The number of sulfone groups is 1. The van der Waals surface area contributed by atoms with Crippen LogP contribution in [0.4, 0.5) is 4.79 Å². The highest BCUT2D eigenvalue weighted by Gasteiger charge is 2.31. The Hall–Kier alpha value is -2.09. The van der Waals surface area contributed by atoms with Crippen LogP contribution in [0.15, 0.2) is 48.5 Å². The van der Waals surface area contributed by atoms with Gasteiger partial charge in [0.05, 0.1) is 0 Å². The molecule has 0 saturated carbocycles. The van der Waals surface area contributed by atoms with E-state index in [1.165, 1.54) is 0 Å². The average Bonchev–Trinajstić information content (AvgIpc) is 2.63. The van der Waals surface area contributed by atoms with Crippen molar-refractivity contribution < 1.29 is 22.7 Å². The van der Waals surface area contributed by atoms with Crippen molar-refractivity contribution in [2.24, 2.45) is 0 Å². The van der Waals surface area contributed by atoms with Crippen LogP contribution >= 0.6 is 23.2 Å². The molecule has 0 aliphatic heterocycles. The molecule has 0 spiro atoms. The lowest BCUT2D eigenvalue weighted by Crippen LogP contribution is -2.30. The van der Waals surface area contributed by atoms with Crippen LogP contribution in [0, 0.1) is 0 Å². The number of halogens is 2.